The van der Waals surface area contributed by atoms with Crippen molar-refractivity contribution in [2.75, 3.05) is 13.6 Å². The maximum atomic E-state index is 13.6. The molecule has 0 aliphatic carbocycles. The molecule has 0 saturated carbocycles. The number of rotatable bonds is 4. The molecule has 4 nitrogen and oxygen atoms in total. The summed E-state index contributed by atoms with van der Waals surface area (Å²) in [5, 5.41) is 2.89. The molecule has 150 valence electrons. The van der Waals surface area contributed by atoms with E-state index in [9.17, 15) is 8.42 Å². The Morgan fingerprint density at radius 1 is 0.793 bits per heavy atom. The maximum absolute atomic E-state index is 13.6. The smallest absolute Gasteiger partial charge is 0.230 e. The van der Waals surface area contributed by atoms with Crippen LogP contribution in [0.2, 0.25) is 10.0 Å². The zero-order valence-corrected chi connectivity index (χ0v) is 18.1. The lowest BCUT2D eigenvalue weighted by molar-refractivity contribution is 0.125. The van der Waals surface area contributed by atoms with Crippen molar-refractivity contribution in [2.24, 2.45) is 0 Å². The first-order chi connectivity index (χ1) is 13.9. The van der Waals surface area contributed by atoms with E-state index in [2.05, 4.69) is 0 Å². The van der Waals surface area contributed by atoms with Gasteiger partial charge in [-0.15, -0.1) is 4.41 Å². The van der Waals surface area contributed by atoms with E-state index in [-0.39, 0.29) is 16.9 Å². The molecular formula is C22H20Cl2N2O2S. The highest BCUT2D eigenvalue weighted by atomic mass is 35.5. The Balaban J connectivity index is 1.84. The van der Waals surface area contributed by atoms with Crippen LogP contribution in [-0.4, -0.2) is 31.4 Å². The predicted molar refractivity (Wildman–Crippen MR) is 116 cm³/mol. The Morgan fingerprint density at radius 2 is 1.34 bits per heavy atom. The molecule has 4 rings (SSSR count). The fourth-order valence-electron chi connectivity index (χ4n) is 3.89. The van der Waals surface area contributed by atoms with Gasteiger partial charge in [-0.25, -0.2) is 13.4 Å². The summed E-state index contributed by atoms with van der Waals surface area (Å²) in [7, 11) is -1.98. The molecule has 29 heavy (non-hydrogen) atoms. The normalized spacial score (nSPS) is 20.8. The van der Waals surface area contributed by atoms with Crippen LogP contribution in [-0.2, 0) is 10.0 Å². The van der Waals surface area contributed by atoms with E-state index < -0.39 is 10.0 Å². The topological polar surface area (TPSA) is 40.6 Å². The summed E-state index contributed by atoms with van der Waals surface area (Å²) in [6, 6.07) is 23.3. The number of benzene rings is 3. The summed E-state index contributed by atoms with van der Waals surface area (Å²) in [5.41, 5.74) is 1.98. The SMILES string of the molecule is CN1CC(c2ccccc2)C(c2ccc(Cl)cc2)N1S(=O)(=O)c1ccc(Cl)cc1. The fraction of sp³-hybridized carbons (Fsp3) is 0.182. The molecule has 1 saturated heterocycles. The molecule has 7 heteroatoms. The predicted octanol–water partition coefficient (Wildman–Crippen LogP) is 5.37. The van der Waals surface area contributed by atoms with Gasteiger partial charge in [0.05, 0.1) is 10.9 Å². The molecule has 0 radical (unpaired) electrons. The van der Waals surface area contributed by atoms with Crippen molar-refractivity contribution >= 4 is 33.2 Å². The van der Waals surface area contributed by atoms with Crippen LogP contribution >= 0.6 is 23.2 Å². The molecule has 0 aromatic heterocycles. The van der Waals surface area contributed by atoms with Gasteiger partial charge in [-0.2, -0.15) is 0 Å². The number of hydrogen-bond acceptors (Lipinski definition) is 3. The largest absolute Gasteiger partial charge is 0.256 e. The molecule has 0 bridgehead atoms. The highest BCUT2D eigenvalue weighted by molar-refractivity contribution is 7.89. The van der Waals surface area contributed by atoms with Gasteiger partial charge in [-0.3, -0.25) is 0 Å². The molecule has 0 spiro atoms. The minimum Gasteiger partial charge on any atom is -0.230 e. The van der Waals surface area contributed by atoms with Gasteiger partial charge < -0.3 is 0 Å². The summed E-state index contributed by atoms with van der Waals surface area (Å²) in [6.45, 7) is 0.574. The van der Waals surface area contributed by atoms with Crippen LogP contribution < -0.4 is 0 Å². The monoisotopic (exact) mass is 446 g/mol. The molecular weight excluding hydrogens is 427 g/mol. The number of sulfonamides is 1. The summed E-state index contributed by atoms with van der Waals surface area (Å²) < 4.78 is 28.7. The second-order valence-electron chi connectivity index (χ2n) is 7.09. The van der Waals surface area contributed by atoms with Gasteiger partial charge in [0.2, 0.25) is 0 Å². The Morgan fingerprint density at radius 3 is 1.93 bits per heavy atom. The van der Waals surface area contributed by atoms with Crippen LogP contribution in [0.15, 0.2) is 83.8 Å². The third kappa shape index (κ3) is 3.93. The molecule has 1 heterocycles. The van der Waals surface area contributed by atoms with Crippen molar-refractivity contribution in [2.45, 2.75) is 16.9 Å². The first-order valence-corrected chi connectivity index (χ1v) is 11.4. The Hall–Kier alpha value is -1.89. The zero-order valence-electron chi connectivity index (χ0n) is 15.7. The van der Waals surface area contributed by atoms with E-state index in [1.165, 1.54) is 4.41 Å². The standard InChI is InChI=1S/C22H20Cl2N2O2S/c1-25-15-21(16-5-3-2-4-6-16)22(17-7-9-18(23)10-8-17)26(25)29(27,28)20-13-11-19(24)12-14-20/h2-14,21-22H,15H2,1H3. The van der Waals surface area contributed by atoms with Gasteiger partial charge in [0.25, 0.3) is 10.0 Å². The molecule has 1 aliphatic rings. The third-order valence-corrected chi connectivity index (χ3v) is 7.58. The molecule has 0 amide bonds. The van der Waals surface area contributed by atoms with Gasteiger partial charge in [0.15, 0.2) is 0 Å². The average molecular weight is 447 g/mol. The van der Waals surface area contributed by atoms with Crippen LogP contribution in [0.5, 0.6) is 0 Å². The lowest BCUT2D eigenvalue weighted by atomic mass is 9.89. The van der Waals surface area contributed by atoms with Gasteiger partial charge in [0, 0.05) is 29.6 Å². The Labute approximate surface area is 181 Å². The van der Waals surface area contributed by atoms with E-state index >= 15 is 0 Å². The van der Waals surface area contributed by atoms with Crippen LogP contribution in [0.4, 0.5) is 0 Å². The molecule has 2 unspecified atom stereocenters. The number of hydrazine groups is 1. The van der Waals surface area contributed by atoms with Crippen molar-refractivity contribution in [1.29, 1.82) is 0 Å². The van der Waals surface area contributed by atoms with Crippen LogP contribution in [0.1, 0.15) is 23.1 Å². The molecule has 1 aliphatic heterocycles. The minimum atomic E-state index is -3.79. The summed E-state index contributed by atoms with van der Waals surface area (Å²) in [4.78, 5) is 0.210. The van der Waals surface area contributed by atoms with E-state index in [1.54, 1.807) is 48.5 Å². The molecule has 0 N–H and O–H groups in total. The highest BCUT2D eigenvalue weighted by Crippen LogP contribution is 2.45. The zero-order chi connectivity index (χ0) is 20.6. The van der Waals surface area contributed by atoms with Crippen LogP contribution in [0.25, 0.3) is 0 Å². The van der Waals surface area contributed by atoms with Crippen molar-refractivity contribution in [3.63, 3.8) is 0 Å². The average Bonchev–Trinajstić information content (AvgIpc) is 3.07. The lowest BCUT2D eigenvalue weighted by Gasteiger charge is -2.30. The third-order valence-electron chi connectivity index (χ3n) is 5.21. The van der Waals surface area contributed by atoms with E-state index in [0.29, 0.717) is 16.6 Å². The summed E-state index contributed by atoms with van der Waals surface area (Å²) in [6.07, 6.45) is 0. The Kier molecular flexibility index (Phi) is 5.69. The molecule has 2 atom stereocenters. The van der Waals surface area contributed by atoms with Crippen LogP contribution in [0, 0.1) is 0 Å². The molecule has 1 fully saturated rings. The van der Waals surface area contributed by atoms with Crippen LogP contribution in [0.3, 0.4) is 0 Å². The summed E-state index contributed by atoms with van der Waals surface area (Å²) >= 11 is 12.0. The van der Waals surface area contributed by atoms with Crippen molar-refractivity contribution < 1.29 is 8.42 Å². The Bertz CT molecular complexity index is 1090. The van der Waals surface area contributed by atoms with Crippen molar-refractivity contribution in [3.8, 4) is 0 Å². The molecule has 3 aromatic carbocycles. The van der Waals surface area contributed by atoms with Crippen molar-refractivity contribution in [1.82, 2.24) is 9.42 Å². The van der Waals surface area contributed by atoms with Gasteiger partial charge >= 0.3 is 0 Å². The first-order valence-electron chi connectivity index (χ1n) is 9.19. The second-order valence-corrected chi connectivity index (χ2v) is 9.75. The summed E-state index contributed by atoms with van der Waals surface area (Å²) in [5.74, 6) is -0.0237. The van der Waals surface area contributed by atoms with E-state index in [0.717, 1.165) is 11.1 Å². The number of likely N-dealkylation sites (N-methyl/N-ethyl adjacent to an activating group) is 1. The number of halogens is 2. The first kappa shape index (κ1) is 20.4. The molecule has 3 aromatic rings. The minimum absolute atomic E-state index is 0.0237. The quantitative estimate of drug-likeness (QED) is 0.540. The van der Waals surface area contributed by atoms with E-state index in [1.807, 2.05) is 42.5 Å². The van der Waals surface area contributed by atoms with E-state index in [4.69, 9.17) is 23.2 Å². The van der Waals surface area contributed by atoms with Gasteiger partial charge in [-0.1, -0.05) is 65.7 Å². The second kappa shape index (κ2) is 8.09. The van der Waals surface area contributed by atoms with Crippen molar-refractivity contribution in [3.05, 3.63) is 100 Å². The van der Waals surface area contributed by atoms with Gasteiger partial charge in [-0.05, 0) is 47.5 Å². The maximum Gasteiger partial charge on any atom is 0.256 e. The highest BCUT2D eigenvalue weighted by Gasteiger charge is 2.46. The fourth-order valence-corrected chi connectivity index (χ4v) is 5.84. The lowest BCUT2D eigenvalue weighted by Crippen LogP contribution is -2.40. The van der Waals surface area contributed by atoms with Gasteiger partial charge in [0.1, 0.15) is 0 Å². The number of nitrogens with zero attached hydrogens (tertiary/aromatic N) is 2. The number of hydrogen-bond donors (Lipinski definition) is 0.